The van der Waals surface area contributed by atoms with Crippen LogP contribution in [-0.2, 0) is 19.4 Å². The van der Waals surface area contributed by atoms with Crippen LogP contribution in [0.5, 0.6) is 0 Å². The fourth-order valence-electron chi connectivity index (χ4n) is 4.92. The van der Waals surface area contributed by atoms with E-state index in [0.717, 1.165) is 52.6 Å². The Morgan fingerprint density at radius 1 is 1.03 bits per heavy atom. The molecule has 0 saturated carbocycles. The Kier molecular flexibility index (Phi) is 4.56. The summed E-state index contributed by atoms with van der Waals surface area (Å²) >= 11 is 1.72. The van der Waals surface area contributed by atoms with Gasteiger partial charge in [-0.05, 0) is 68.2 Å². The van der Waals surface area contributed by atoms with Crippen molar-refractivity contribution in [2.45, 2.75) is 51.5 Å². The number of hydrogen-bond donors (Lipinski definition) is 1. The Labute approximate surface area is 179 Å². The number of aryl methyl sites for hydroxylation is 1. The first-order valence-electron chi connectivity index (χ1n) is 11.0. The molecule has 1 N–H and O–H groups in total. The van der Waals surface area contributed by atoms with Crippen molar-refractivity contribution in [3.8, 4) is 0 Å². The zero-order valence-corrected chi connectivity index (χ0v) is 17.8. The lowest BCUT2D eigenvalue weighted by Crippen LogP contribution is -2.31. The van der Waals surface area contributed by atoms with Crippen LogP contribution in [0.3, 0.4) is 0 Å². The molecule has 6 nitrogen and oxygen atoms in total. The summed E-state index contributed by atoms with van der Waals surface area (Å²) in [6, 6.07) is 3.88. The predicted molar refractivity (Wildman–Crippen MR) is 121 cm³/mol. The fourth-order valence-corrected chi connectivity index (χ4v) is 6.04. The van der Waals surface area contributed by atoms with E-state index in [0.29, 0.717) is 6.54 Å². The molecule has 0 radical (unpaired) electrons. The molecule has 0 aromatic carbocycles. The molecule has 154 valence electrons. The Morgan fingerprint density at radius 3 is 2.73 bits per heavy atom. The van der Waals surface area contributed by atoms with Crippen LogP contribution >= 0.6 is 11.3 Å². The lowest BCUT2D eigenvalue weighted by atomic mass is 9.89. The summed E-state index contributed by atoms with van der Waals surface area (Å²) in [7, 11) is 0. The van der Waals surface area contributed by atoms with Crippen molar-refractivity contribution in [1.29, 1.82) is 0 Å². The zero-order valence-electron chi connectivity index (χ0n) is 17.0. The van der Waals surface area contributed by atoms with E-state index < -0.39 is 0 Å². The van der Waals surface area contributed by atoms with Crippen LogP contribution in [0.2, 0.25) is 0 Å². The molecule has 4 aromatic heterocycles. The summed E-state index contributed by atoms with van der Waals surface area (Å²) in [6.07, 6.45) is 12.0. The van der Waals surface area contributed by atoms with Crippen molar-refractivity contribution in [2.24, 2.45) is 0 Å². The van der Waals surface area contributed by atoms with Crippen LogP contribution < -0.4 is 10.2 Å². The maximum absolute atomic E-state index is 5.46. The van der Waals surface area contributed by atoms with Gasteiger partial charge < -0.3 is 14.6 Å². The molecule has 2 aliphatic rings. The summed E-state index contributed by atoms with van der Waals surface area (Å²) in [4.78, 5) is 18.1. The van der Waals surface area contributed by atoms with Crippen molar-refractivity contribution >= 4 is 43.4 Å². The SMILES string of the molecule is c1coc(CNc2ncnc3c2sc2nc(N4CCCCC4)c4c(c23)CCCC4)c1. The Morgan fingerprint density at radius 2 is 1.90 bits per heavy atom. The zero-order chi connectivity index (χ0) is 19.9. The topological polar surface area (TPSA) is 67.1 Å². The van der Waals surface area contributed by atoms with E-state index in [-0.39, 0.29) is 0 Å². The molecule has 0 amide bonds. The van der Waals surface area contributed by atoms with Gasteiger partial charge in [0.1, 0.15) is 28.6 Å². The normalized spacial score (nSPS) is 16.9. The number of nitrogens with zero attached hydrogens (tertiary/aromatic N) is 4. The quantitative estimate of drug-likeness (QED) is 0.483. The van der Waals surface area contributed by atoms with Crippen molar-refractivity contribution in [3.05, 3.63) is 41.6 Å². The molecule has 0 spiro atoms. The van der Waals surface area contributed by atoms with Gasteiger partial charge in [-0.1, -0.05) is 0 Å². The summed E-state index contributed by atoms with van der Waals surface area (Å²) in [5.74, 6) is 3.00. The number of anilines is 2. The van der Waals surface area contributed by atoms with Gasteiger partial charge in [-0.25, -0.2) is 15.0 Å². The number of furan rings is 1. The highest BCUT2D eigenvalue weighted by atomic mass is 32.1. The lowest BCUT2D eigenvalue weighted by molar-refractivity contribution is 0.518. The van der Waals surface area contributed by atoms with Gasteiger partial charge in [0.15, 0.2) is 0 Å². The van der Waals surface area contributed by atoms with Crippen LogP contribution in [0.25, 0.3) is 20.4 Å². The first-order valence-corrected chi connectivity index (χ1v) is 11.8. The number of thiophene rings is 1. The first kappa shape index (κ1) is 18.1. The average Bonchev–Trinajstić information content (AvgIpc) is 3.45. The number of hydrogen-bond acceptors (Lipinski definition) is 7. The molecule has 7 heteroatoms. The van der Waals surface area contributed by atoms with E-state index >= 15 is 0 Å². The molecule has 4 aromatic rings. The third kappa shape index (κ3) is 3.03. The molecular formula is C23H25N5OS. The second-order valence-electron chi connectivity index (χ2n) is 8.26. The van der Waals surface area contributed by atoms with Crippen molar-refractivity contribution in [2.75, 3.05) is 23.3 Å². The molecule has 30 heavy (non-hydrogen) atoms. The minimum Gasteiger partial charge on any atom is -0.467 e. The molecule has 0 unspecified atom stereocenters. The second-order valence-corrected chi connectivity index (χ2v) is 9.26. The molecule has 6 rings (SSSR count). The van der Waals surface area contributed by atoms with Gasteiger partial charge in [0.25, 0.3) is 0 Å². The van der Waals surface area contributed by atoms with Crippen LogP contribution in [0.1, 0.15) is 49.0 Å². The van der Waals surface area contributed by atoms with Crippen molar-refractivity contribution < 1.29 is 4.42 Å². The van der Waals surface area contributed by atoms with Crippen molar-refractivity contribution in [1.82, 2.24) is 15.0 Å². The monoisotopic (exact) mass is 419 g/mol. The Balaban J connectivity index is 1.49. The maximum Gasteiger partial charge on any atom is 0.147 e. The van der Waals surface area contributed by atoms with Crippen LogP contribution in [-0.4, -0.2) is 28.0 Å². The number of aromatic nitrogens is 3. The minimum absolute atomic E-state index is 0.609. The highest BCUT2D eigenvalue weighted by Crippen LogP contribution is 2.43. The average molecular weight is 420 g/mol. The Bertz CT molecular complexity index is 1190. The standard InChI is InChI=1S/C23H25N5OS/c1-4-10-28(11-5-1)22-17-9-3-2-8-16(17)18-19-20(30-23(18)27-22)21(26-14-25-19)24-13-15-7-6-12-29-15/h6-7,12,14H,1-5,8-11,13H2,(H,24,25,26). The second kappa shape index (κ2) is 7.54. The summed E-state index contributed by atoms with van der Waals surface area (Å²) in [6.45, 7) is 2.87. The van der Waals surface area contributed by atoms with E-state index in [9.17, 15) is 0 Å². The summed E-state index contributed by atoms with van der Waals surface area (Å²) in [5.41, 5.74) is 4.00. The van der Waals surface area contributed by atoms with Crippen LogP contribution in [0, 0.1) is 0 Å². The van der Waals surface area contributed by atoms with Gasteiger partial charge in [0.2, 0.25) is 0 Å². The molecule has 1 aliphatic carbocycles. The van der Waals surface area contributed by atoms with Crippen LogP contribution in [0.15, 0.2) is 29.1 Å². The van der Waals surface area contributed by atoms with Gasteiger partial charge in [-0.2, -0.15) is 0 Å². The minimum atomic E-state index is 0.609. The van der Waals surface area contributed by atoms with E-state index in [1.165, 1.54) is 54.4 Å². The number of nitrogens with one attached hydrogen (secondary N) is 1. The lowest BCUT2D eigenvalue weighted by Gasteiger charge is -2.31. The Hall–Kier alpha value is -2.67. The molecule has 1 fully saturated rings. The number of rotatable bonds is 4. The van der Waals surface area contributed by atoms with E-state index in [2.05, 4.69) is 15.2 Å². The third-order valence-electron chi connectivity index (χ3n) is 6.37. The van der Waals surface area contributed by atoms with E-state index in [1.54, 1.807) is 23.9 Å². The van der Waals surface area contributed by atoms with Gasteiger partial charge in [-0.3, -0.25) is 0 Å². The molecule has 1 aliphatic heterocycles. The first-order chi connectivity index (χ1) is 14.9. The third-order valence-corrected chi connectivity index (χ3v) is 7.45. The van der Waals surface area contributed by atoms with Gasteiger partial charge in [0.05, 0.1) is 23.0 Å². The summed E-state index contributed by atoms with van der Waals surface area (Å²) in [5, 5.41) is 4.69. The van der Waals surface area contributed by atoms with Crippen molar-refractivity contribution in [3.63, 3.8) is 0 Å². The molecule has 5 heterocycles. The van der Waals surface area contributed by atoms with Gasteiger partial charge in [-0.15, -0.1) is 11.3 Å². The van der Waals surface area contributed by atoms with Gasteiger partial charge >= 0.3 is 0 Å². The van der Waals surface area contributed by atoms with Crippen LogP contribution in [0.4, 0.5) is 11.6 Å². The van der Waals surface area contributed by atoms with E-state index in [4.69, 9.17) is 14.4 Å². The van der Waals surface area contributed by atoms with E-state index in [1.807, 2.05) is 12.1 Å². The molecular weight excluding hydrogens is 394 g/mol. The summed E-state index contributed by atoms with van der Waals surface area (Å²) < 4.78 is 6.56. The number of pyridine rings is 1. The largest absolute Gasteiger partial charge is 0.467 e. The maximum atomic E-state index is 5.46. The molecule has 0 atom stereocenters. The smallest absolute Gasteiger partial charge is 0.147 e. The fraction of sp³-hybridized carbons (Fsp3) is 0.435. The molecule has 1 saturated heterocycles. The number of fused-ring (bicyclic) bond motifs is 5. The van der Waals surface area contributed by atoms with Gasteiger partial charge in [0, 0.05) is 18.5 Å². The number of piperidine rings is 1. The molecule has 0 bridgehead atoms. The highest BCUT2D eigenvalue weighted by molar-refractivity contribution is 7.26. The predicted octanol–water partition coefficient (Wildman–Crippen LogP) is 5.31. The highest BCUT2D eigenvalue weighted by Gasteiger charge is 2.26.